The minimum atomic E-state index is -1.05. The zero-order valence-electron chi connectivity index (χ0n) is 17.3. The molecule has 32 heavy (non-hydrogen) atoms. The summed E-state index contributed by atoms with van der Waals surface area (Å²) in [5.41, 5.74) is -2.67. The van der Waals surface area contributed by atoms with Crippen LogP contribution in [0.4, 0.5) is 10.1 Å². The first-order valence-electron chi connectivity index (χ1n) is 9.82. The highest BCUT2D eigenvalue weighted by atomic mass is 35.5. The molecule has 4 rings (SSSR count). The van der Waals surface area contributed by atoms with Crippen LogP contribution in [0.15, 0.2) is 23.1 Å². The molecule has 9 nitrogen and oxygen atoms in total. The van der Waals surface area contributed by atoms with E-state index in [-0.39, 0.29) is 34.7 Å². The Labute approximate surface area is 187 Å². The molecule has 2 aliphatic rings. The van der Waals surface area contributed by atoms with Gasteiger partial charge in [-0.2, -0.15) is 0 Å². The van der Waals surface area contributed by atoms with Gasteiger partial charge in [-0.05, 0) is 30.9 Å². The van der Waals surface area contributed by atoms with Crippen molar-refractivity contribution in [1.29, 1.82) is 0 Å². The van der Waals surface area contributed by atoms with Crippen LogP contribution in [0, 0.1) is 11.7 Å². The second-order valence-corrected chi connectivity index (χ2v) is 8.56. The highest BCUT2D eigenvalue weighted by molar-refractivity contribution is 6.32. The van der Waals surface area contributed by atoms with Gasteiger partial charge in [-0.3, -0.25) is 14.4 Å². The first-order chi connectivity index (χ1) is 15.1. The van der Waals surface area contributed by atoms with E-state index in [1.54, 1.807) is 7.05 Å². The van der Waals surface area contributed by atoms with Gasteiger partial charge in [-0.25, -0.2) is 4.39 Å². The standard InChI is InChI=1S/C21H21ClFN3O6/c1-25-9-21(5-10(6-21)8-27)26-7-11(17(28)18(29)16(26)20(25)31)19(30)24-12-3-4-13(32-2)14(22)15(12)23/h3-4,7,10,27,29H,5-6,8-9H2,1-2H3,(H,24,30). The van der Waals surface area contributed by atoms with E-state index in [9.17, 15) is 29.0 Å². The molecular weight excluding hydrogens is 445 g/mol. The Hall–Kier alpha value is -3.11. The topological polar surface area (TPSA) is 121 Å². The number of fused-ring (bicyclic) bond motifs is 2. The number of aliphatic hydroxyl groups excluding tert-OH is 1. The number of hydrogen-bond acceptors (Lipinski definition) is 6. The van der Waals surface area contributed by atoms with Crippen LogP contribution < -0.4 is 15.5 Å². The molecule has 0 radical (unpaired) electrons. The molecule has 1 aromatic heterocycles. The summed E-state index contributed by atoms with van der Waals surface area (Å²) in [7, 11) is 2.87. The van der Waals surface area contributed by atoms with E-state index in [0.717, 1.165) is 0 Å². The van der Waals surface area contributed by atoms with Crippen molar-refractivity contribution < 1.29 is 28.9 Å². The number of pyridine rings is 1. The molecule has 11 heteroatoms. The van der Waals surface area contributed by atoms with Crippen molar-refractivity contribution >= 4 is 29.1 Å². The van der Waals surface area contributed by atoms with E-state index in [1.165, 1.54) is 34.9 Å². The number of aromatic nitrogens is 1. The lowest BCUT2D eigenvalue weighted by atomic mass is 9.67. The number of carbonyl (C=O) groups excluding carboxylic acids is 2. The SMILES string of the molecule is COc1ccc(NC(=O)c2cn3c(c(O)c2=O)C(=O)N(C)CC32CC(CO)C2)c(F)c1Cl. The van der Waals surface area contributed by atoms with Crippen molar-refractivity contribution in [1.82, 2.24) is 9.47 Å². The van der Waals surface area contributed by atoms with E-state index in [2.05, 4.69) is 5.32 Å². The summed E-state index contributed by atoms with van der Waals surface area (Å²) >= 11 is 5.88. The first-order valence-corrected chi connectivity index (χ1v) is 10.2. The van der Waals surface area contributed by atoms with Gasteiger partial charge in [0, 0.05) is 26.4 Å². The summed E-state index contributed by atoms with van der Waals surface area (Å²) in [6.45, 7) is 0.257. The molecule has 2 amide bonds. The number of benzene rings is 1. The fourth-order valence-corrected chi connectivity index (χ4v) is 4.80. The fraction of sp³-hybridized carbons (Fsp3) is 0.381. The van der Waals surface area contributed by atoms with Crippen molar-refractivity contribution in [3.05, 3.63) is 50.7 Å². The number of nitrogens with one attached hydrogen (secondary N) is 1. The molecule has 0 bridgehead atoms. The molecule has 1 aliphatic carbocycles. The van der Waals surface area contributed by atoms with Crippen LogP contribution in [0.5, 0.6) is 11.5 Å². The number of aromatic hydroxyl groups is 1. The average Bonchev–Trinajstić information content (AvgIpc) is 2.74. The number of amides is 2. The van der Waals surface area contributed by atoms with E-state index < -0.39 is 39.9 Å². The van der Waals surface area contributed by atoms with Gasteiger partial charge in [0.25, 0.3) is 11.8 Å². The van der Waals surface area contributed by atoms with Gasteiger partial charge in [-0.15, -0.1) is 0 Å². The number of methoxy groups -OCH3 is 1. The third kappa shape index (κ3) is 3.21. The van der Waals surface area contributed by atoms with Gasteiger partial charge in [0.05, 0.1) is 18.3 Å². The zero-order valence-corrected chi connectivity index (χ0v) is 18.1. The van der Waals surface area contributed by atoms with Crippen LogP contribution in [-0.2, 0) is 5.54 Å². The largest absolute Gasteiger partial charge is 0.503 e. The Morgan fingerprint density at radius 3 is 2.69 bits per heavy atom. The molecule has 3 N–H and O–H groups in total. The molecule has 0 unspecified atom stereocenters. The quantitative estimate of drug-likeness (QED) is 0.633. The number of halogens is 2. The van der Waals surface area contributed by atoms with Gasteiger partial charge in [0.2, 0.25) is 5.43 Å². The van der Waals surface area contributed by atoms with E-state index in [1.807, 2.05) is 0 Å². The normalized spacial score (nSPS) is 21.8. The van der Waals surface area contributed by atoms with Crippen LogP contribution in [-0.4, -0.2) is 58.8 Å². The molecule has 0 saturated heterocycles. The Bertz CT molecular complexity index is 1190. The summed E-state index contributed by atoms with van der Waals surface area (Å²) in [5.74, 6) is -3.26. The number of hydrogen-bond donors (Lipinski definition) is 3. The van der Waals surface area contributed by atoms with E-state index in [0.29, 0.717) is 19.4 Å². The lowest BCUT2D eigenvalue weighted by Gasteiger charge is -2.53. The van der Waals surface area contributed by atoms with Crippen molar-refractivity contribution in [3.8, 4) is 11.5 Å². The maximum absolute atomic E-state index is 14.5. The van der Waals surface area contributed by atoms with Gasteiger partial charge < -0.3 is 29.7 Å². The van der Waals surface area contributed by atoms with Gasteiger partial charge in [0.15, 0.2) is 17.3 Å². The van der Waals surface area contributed by atoms with Crippen LogP contribution in [0.2, 0.25) is 5.02 Å². The molecular formula is C21H21ClFN3O6. The van der Waals surface area contributed by atoms with Crippen LogP contribution >= 0.6 is 11.6 Å². The maximum Gasteiger partial charge on any atom is 0.274 e. The Morgan fingerprint density at radius 1 is 1.38 bits per heavy atom. The monoisotopic (exact) mass is 465 g/mol. The smallest absolute Gasteiger partial charge is 0.274 e. The summed E-state index contributed by atoms with van der Waals surface area (Å²) in [4.78, 5) is 39.7. The number of rotatable bonds is 4. The minimum absolute atomic E-state index is 0.00108. The maximum atomic E-state index is 14.5. The first kappa shape index (κ1) is 22.1. The molecule has 1 aromatic carbocycles. The lowest BCUT2D eigenvalue weighted by Crippen LogP contribution is -2.60. The van der Waals surface area contributed by atoms with Gasteiger partial charge in [0.1, 0.15) is 16.3 Å². The second kappa shape index (κ2) is 7.79. The highest BCUT2D eigenvalue weighted by Gasteiger charge is 2.51. The van der Waals surface area contributed by atoms with Crippen molar-refractivity contribution in [2.45, 2.75) is 18.4 Å². The number of likely N-dealkylation sites (N-methyl/N-ethyl adjacent to an activating group) is 1. The van der Waals surface area contributed by atoms with Crippen molar-refractivity contribution in [3.63, 3.8) is 0 Å². The minimum Gasteiger partial charge on any atom is -0.503 e. The Balaban J connectivity index is 1.77. The molecule has 2 aromatic rings. The summed E-state index contributed by atoms with van der Waals surface area (Å²) < 4.78 is 20.9. The average molecular weight is 466 g/mol. The molecule has 0 atom stereocenters. The lowest BCUT2D eigenvalue weighted by molar-refractivity contribution is -0.0102. The summed E-state index contributed by atoms with van der Waals surface area (Å²) in [6.07, 6.45) is 2.22. The Morgan fingerprint density at radius 2 is 2.06 bits per heavy atom. The summed E-state index contributed by atoms with van der Waals surface area (Å²) in [6, 6.07) is 2.58. The van der Waals surface area contributed by atoms with Crippen molar-refractivity contribution in [2.75, 3.05) is 32.6 Å². The molecule has 2 heterocycles. The van der Waals surface area contributed by atoms with Crippen LogP contribution in [0.1, 0.15) is 33.7 Å². The fourth-order valence-electron chi connectivity index (χ4n) is 4.56. The number of anilines is 1. The van der Waals surface area contributed by atoms with E-state index >= 15 is 0 Å². The third-order valence-electron chi connectivity index (χ3n) is 6.13. The molecule has 1 spiro atoms. The molecule has 1 aliphatic heterocycles. The number of ether oxygens (including phenoxy) is 1. The number of aliphatic hydroxyl groups is 1. The molecule has 1 saturated carbocycles. The predicted molar refractivity (Wildman–Crippen MR) is 113 cm³/mol. The highest BCUT2D eigenvalue weighted by Crippen LogP contribution is 2.47. The van der Waals surface area contributed by atoms with Crippen LogP contribution in [0.3, 0.4) is 0 Å². The number of nitrogens with zero attached hydrogens (tertiary/aromatic N) is 2. The Kier molecular flexibility index (Phi) is 5.38. The third-order valence-corrected chi connectivity index (χ3v) is 6.48. The summed E-state index contributed by atoms with van der Waals surface area (Å²) in [5, 5.41) is 21.9. The van der Waals surface area contributed by atoms with Crippen LogP contribution in [0.25, 0.3) is 0 Å². The molecule has 170 valence electrons. The second-order valence-electron chi connectivity index (χ2n) is 8.18. The van der Waals surface area contributed by atoms with E-state index in [4.69, 9.17) is 16.3 Å². The van der Waals surface area contributed by atoms with Crippen molar-refractivity contribution in [2.24, 2.45) is 5.92 Å². The van der Waals surface area contributed by atoms with Gasteiger partial charge >= 0.3 is 0 Å². The molecule has 1 fully saturated rings. The predicted octanol–water partition coefficient (Wildman–Crippen LogP) is 1.79. The number of carbonyl (C=O) groups is 2. The zero-order chi connectivity index (χ0) is 23.4. The van der Waals surface area contributed by atoms with Gasteiger partial charge in [-0.1, -0.05) is 11.6 Å².